The topological polar surface area (TPSA) is 42.7 Å². The summed E-state index contributed by atoms with van der Waals surface area (Å²) in [5.74, 6) is 1.90. The van der Waals surface area contributed by atoms with E-state index in [0.717, 1.165) is 31.0 Å². The number of rotatable bonds is 5. The predicted molar refractivity (Wildman–Crippen MR) is 69.0 cm³/mol. The number of anilines is 1. The van der Waals surface area contributed by atoms with Gasteiger partial charge in [-0.1, -0.05) is 18.2 Å². The van der Waals surface area contributed by atoms with Gasteiger partial charge in [0.05, 0.1) is 0 Å². The van der Waals surface area contributed by atoms with Gasteiger partial charge < -0.3 is 5.32 Å². The quantitative estimate of drug-likeness (QED) is 0.800. The van der Waals surface area contributed by atoms with Crippen molar-refractivity contribution in [2.24, 2.45) is 7.05 Å². The number of aryl methyl sites for hydroxylation is 3. The lowest BCUT2D eigenvalue weighted by molar-refractivity contribution is 0.677. The summed E-state index contributed by atoms with van der Waals surface area (Å²) in [7, 11) is 1.94. The van der Waals surface area contributed by atoms with Crippen LogP contribution in [0.25, 0.3) is 0 Å². The number of para-hydroxylation sites is 1. The zero-order valence-corrected chi connectivity index (χ0v) is 10.3. The summed E-state index contributed by atoms with van der Waals surface area (Å²) < 4.78 is 1.86. The molecule has 0 spiro atoms. The summed E-state index contributed by atoms with van der Waals surface area (Å²) in [6.07, 6.45) is 2.01. The first kappa shape index (κ1) is 11.6. The van der Waals surface area contributed by atoms with Gasteiger partial charge in [0.15, 0.2) is 0 Å². The van der Waals surface area contributed by atoms with E-state index in [-0.39, 0.29) is 0 Å². The van der Waals surface area contributed by atoms with Crippen molar-refractivity contribution in [3.8, 4) is 0 Å². The van der Waals surface area contributed by atoms with Crippen LogP contribution >= 0.6 is 0 Å². The van der Waals surface area contributed by atoms with Gasteiger partial charge in [0.25, 0.3) is 0 Å². The first-order valence-corrected chi connectivity index (χ1v) is 5.91. The van der Waals surface area contributed by atoms with Crippen molar-refractivity contribution in [3.05, 3.63) is 42.0 Å². The fourth-order valence-corrected chi connectivity index (χ4v) is 1.81. The molecule has 1 aromatic carbocycles. The van der Waals surface area contributed by atoms with Crippen LogP contribution in [0.15, 0.2) is 30.3 Å². The molecule has 0 radical (unpaired) electrons. The number of hydrogen-bond donors (Lipinski definition) is 1. The molecule has 0 aliphatic rings. The number of aromatic nitrogens is 3. The molecule has 0 fully saturated rings. The average Bonchev–Trinajstić information content (AvgIpc) is 2.65. The molecule has 0 atom stereocenters. The van der Waals surface area contributed by atoms with Crippen molar-refractivity contribution in [2.75, 3.05) is 11.9 Å². The van der Waals surface area contributed by atoms with Crippen LogP contribution in [0.5, 0.6) is 0 Å². The summed E-state index contributed by atoms with van der Waals surface area (Å²) in [5.41, 5.74) is 1.17. The highest BCUT2D eigenvalue weighted by Gasteiger charge is 2.02. The second-order valence-corrected chi connectivity index (χ2v) is 4.10. The van der Waals surface area contributed by atoms with Gasteiger partial charge in [-0.3, -0.25) is 4.68 Å². The molecule has 0 saturated carbocycles. The van der Waals surface area contributed by atoms with Gasteiger partial charge >= 0.3 is 0 Å². The summed E-state index contributed by atoms with van der Waals surface area (Å²) in [4.78, 5) is 4.38. The first-order chi connectivity index (χ1) is 8.25. The Hall–Kier alpha value is -1.84. The molecule has 1 N–H and O–H groups in total. The van der Waals surface area contributed by atoms with Gasteiger partial charge in [-0.15, -0.1) is 0 Å². The lowest BCUT2D eigenvalue weighted by atomic mass is 10.2. The lowest BCUT2D eigenvalue weighted by Gasteiger charge is -2.05. The minimum atomic E-state index is 0.846. The maximum atomic E-state index is 4.38. The van der Waals surface area contributed by atoms with Crippen molar-refractivity contribution in [1.82, 2.24) is 14.8 Å². The minimum absolute atomic E-state index is 0.846. The molecular weight excluding hydrogens is 212 g/mol. The van der Waals surface area contributed by atoms with Crippen molar-refractivity contribution < 1.29 is 0 Å². The molecule has 90 valence electrons. The predicted octanol–water partition coefficient (Wildman–Crippen LogP) is 2.17. The Kier molecular flexibility index (Phi) is 3.75. The van der Waals surface area contributed by atoms with Gasteiger partial charge in [0, 0.05) is 25.7 Å². The summed E-state index contributed by atoms with van der Waals surface area (Å²) in [5, 5.41) is 7.62. The van der Waals surface area contributed by atoms with E-state index in [4.69, 9.17) is 0 Å². The normalized spacial score (nSPS) is 10.5. The Morgan fingerprint density at radius 1 is 1.24 bits per heavy atom. The molecule has 0 amide bonds. The zero-order valence-electron chi connectivity index (χ0n) is 10.3. The second kappa shape index (κ2) is 5.48. The highest BCUT2D eigenvalue weighted by Crippen LogP contribution is 2.05. The van der Waals surface area contributed by atoms with E-state index in [1.807, 2.05) is 36.9 Å². The van der Waals surface area contributed by atoms with Crippen LogP contribution < -0.4 is 5.32 Å². The SMILES string of the molecule is Cc1nc(CCCNc2ccccc2)n(C)n1. The van der Waals surface area contributed by atoms with Crippen LogP contribution in [0.2, 0.25) is 0 Å². The minimum Gasteiger partial charge on any atom is -0.385 e. The highest BCUT2D eigenvalue weighted by atomic mass is 15.3. The highest BCUT2D eigenvalue weighted by molar-refractivity contribution is 5.42. The van der Waals surface area contributed by atoms with Gasteiger partial charge in [0.2, 0.25) is 0 Å². The average molecular weight is 230 g/mol. The Labute approximate surface area is 102 Å². The number of nitrogens with one attached hydrogen (secondary N) is 1. The molecular formula is C13H18N4. The van der Waals surface area contributed by atoms with Gasteiger partial charge in [0.1, 0.15) is 11.6 Å². The van der Waals surface area contributed by atoms with E-state index in [2.05, 4.69) is 27.5 Å². The van der Waals surface area contributed by atoms with E-state index < -0.39 is 0 Å². The molecule has 4 nitrogen and oxygen atoms in total. The third-order valence-electron chi connectivity index (χ3n) is 2.64. The van der Waals surface area contributed by atoms with Crippen LogP contribution in [-0.4, -0.2) is 21.3 Å². The fourth-order valence-electron chi connectivity index (χ4n) is 1.81. The van der Waals surface area contributed by atoms with Crippen LogP contribution in [-0.2, 0) is 13.5 Å². The van der Waals surface area contributed by atoms with Crippen molar-refractivity contribution in [1.29, 1.82) is 0 Å². The first-order valence-electron chi connectivity index (χ1n) is 5.91. The zero-order chi connectivity index (χ0) is 12.1. The Morgan fingerprint density at radius 3 is 2.65 bits per heavy atom. The van der Waals surface area contributed by atoms with E-state index in [1.54, 1.807) is 0 Å². The number of benzene rings is 1. The molecule has 1 heterocycles. The monoisotopic (exact) mass is 230 g/mol. The largest absolute Gasteiger partial charge is 0.385 e. The Bertz CT molecular complexity index is 462. The third-order valence-corrected chi connectivity index (χ3v) is 2.64. The van der Waals surface area contributed by atoms with Crippen molar-refractivity contribution >= 4 is 5.69 Å². The molecule has 0 unspecified atom stereocenters. The molecule has 2 rings (SSSR count). The molecule has 0 aliphatic heterocycles. The van der Waals surface area contributed by atoms with Gasteiger partial charge in [-0.05, 0) is 25.5 Å². The Morgan fingerprint density at radius 2 is 2.00 bits per heavy atom. The molecule has 4 heteroatoms. The van der Waals surface area contributed by atoms with Crippen LogP contribution in [0, 0.1) is 6.92 Å². The summed E-state index contributed by atoms with van der Waals surface area (Å²) >= 11 is 0. The maximum Gasteiger partial charge on any atom is 0.147 e. The fraction of sp³-hybridized carbons (Fsp3) is 0.385. The van der Waals surface area contributed by atoms with Gasteiger partial charge in [-0.2, -0.15) is 5.10 Å². The van der Waals surface area contributed by atoms with E-state index >= 15 is 0 Å². The molecule has 1 aromatic heterocycles. The smallest absolute Gasteiger partial charge is 0.147 e. The Balaban J connectivity index is 1.75. The third kappa shape index (κ3) is 3.31. The molecule has 0 saturated heterocycles. The van der Waals surface area contributed by atoms with Crippen molar-refractivity contribution in [2.45, 2.75) is 19.8 Å². The lowest BCUT2D eigenvalue weighted by Crippen LogP contribution is -2.06. The van der Waals surface area contributed by atoms with E-state index in [1.165, 1.54) is 5.69 Å². The maximum absolute atomic E-state index is 4.38. The van der Waals surface area contributed by atoms with Crippen LogP contribution in [0.1, 0.15) is 18.1 Å². The summed E-state index contributed by atoms with van der Waals surface area (Å²) in [6.45, 7) is 2.88. The molecule has 0 bridgehead atoms. The standard InChI is InChI=1S/C13H18N4/c1-11-15-13(17(2)16-11)9-6-10-14-12-7-4-3-5-8-12/h3-5,7-8,14H,6,9-10H2,1-2H3. The van der Waals surface area contributed by atoms with E-state index in [9.17, 15) is 0 Å². The van der Waals surface area contributed by atoms with Crippen LogP contribution in [0.3, 0.4) is 0 Å². The summed E-state index contributed by atoms with van der Waals surface area (Å²) in [6, 6.07) is 10.2. The van der Waals surface area contributed by atoms with Crippen LogP contribution in [0.4, 0.5) is 5.69 Å². The van der Waals surface area contributed by atoms with E-state index in [0.29, 0.717) is 0 Å². The molecule has 2 aromatic rings. The van der Waals surface area contributed by atoms with Gasteiger partial charge in [-0.25, -0.2) is 4.98 Å². The second-order valence-electron chi connectivity index (χ2n) is 4.10. The number of nitrogens with zero attached hydrogens (tertiary/aromatic N) is 3. The molecule has 17 heavy (non-hydrogen) atoms. The number of hydrogen-bond acceptors (Lipinski definition) is 3. The van der Waals surface area contributed by atoms with Crippen molar-refractivity contribution in [3.63, 3.8) is 0 Å². The molecule has 0 aliphatic carbocycles.